The van der Waals surface area contributed by atoms with Crippen molar-refractivity contribution in [1.82, 2.24) is 4.90 Å². The number of nitrogens with zero attached hydrogens (tertiary/aromatic N) is 1. The zero-order chi connectivity index (χ0) is 19.5. The topological polar surface area (TPSA) is 29.5 Å². The molecule has 2 heterocycles. The zero-order valence-corrected chi connectivity index (χ0v) is 16.4. The van der Waals surface area contributed by atoms with Gasteiger partial charge < -0.3 is 4.74 Å². The van der Waals surface area contributed by atoms with Crippen LogP contribution in [0, 0.1) is 11.7 Å². The highest BCUT2D eigenvalue weighted by Gasteiger charge is 2.41. The van der Waals surface area contributed by atoms with Crippen LogP contribution in [0.1, 0.15) is 54.9 Å². The van der Waals surface area contributed by atoms with Gasteiger partial charge in [0.1, 0.15) is 11.6 Å². The Bertz CT molecular complexity index is 809. The zero-order valence-electron chi connectivity index (χ0n) is 16.4. The maximum atomic E-state index is 14.5. The monoisotopic (exact) mass is 381 g/mol. The summed E-state index contributed by atoms with van der Waals surface area (Å²) in [7, 11) is 0. The summed E-state index contributed by atoms with van der Waals surface area (Å²) in [6.07, 6.45) is 5.13. The summed E-state index contributed by atoms with van der Waals surface area (Å²) in [4.78, 5) is 15.7. The van der Waals surface area contributed by atoms with Gasteiger partial charge in [-0.05, 0) is 50.3 Å². The van der Waals surface area contributed by atoms with Crippen molar-refractivity contribution in [1.29, 1.82) is 0 Å². The van der Waals surface area contributed by atoms with Crippen LogP contribution in [-0.4, -0.2) is 29.4 Å². The molecular formula is C24H28FNO2. The predicted octanol–water partition coefficient (Wildman–Crippen LogP) is 5.24. The lowest BCUT2D eigenvalue weighted by molar-refractivity contribution is 0.00895. The Labute approximate surface area is 166 Å². The molecule has 0 spiro atoms. The molecule has 0 amide bonds. The molecule has 0 aromatic heterocycles. The van der Waals surface area contributed by atoms with Crippen molar-refractivity contribution in [2.75, 3.05) is 6.61 Å². The van der Waals surface area contributed by atoms with Gasteiger partial charge in [0.25, 0.3) is 0 Å². The minimum Gasteiger partial charge on any atom is -0.494 e. The first kappa shape index (κ1) is 19.1. The first-order valence-electron chi connectivity index (χ1n) is 10.4. The summed E-state index contributed by atoms with van der Waals surface area (Å²) in [6.45, 7) is 3.28. The Balaban J connectivity index is 1.48. The Hall–Kier alpha value is -2.20. The van der Waals surface area contributed by atoms with Gasteiger partial charge in [-0.1, -0.05) is 36.8 Å². The lowest BCUT2D eigenvalue weighted by Crippen LogP contribution is -2.52. The van der Waals surface area contributed by atoms with Crippen molar-refractivity contribution in [3.05, 3.63) is 65.5 Å². The molecular weight excluding hydrogens is 353 g/mol. The van der Waals surface area contributed by atoms with E-state index in [4.69, 9.17) is 4.74 Å². The molecule has 2 bridgehead atoms. The van der Waals surface area contributed by atoms with E-state index in [9.17, 15) is 9.18 Å². The number of ether oxygens (including phenoxy) is 1. The average molecular weight is 381 g/mol. The molecule has 4 heteroatoms. The second-order valence-electron chi connectivity index (χ2n) is 8.00. The molecule has 2 unspecified atom stereocenters. The number of carbonyl (C=O) groups is 1. The minimum atomic E-state index is -0.465. The fraction of sp³-hybridized carbons (Fsp3) is 0.458. The number of piperidine rings is 2. The van der Waals surface area contributed by atoms with Crippen LogP contribution in [0.2, 0.25) is 0 Å². The summed E-state index contributed by atoms with van der Waals surface area (Å²) in [5, 5.41) is 0. The first-order chi connectivity index (χ1) is 13.7. The Morgan fingerprint density at radius 1 is 1.11 bits per heavy atom. The maximum absolute atomic E-state index is 14.5. The molecule has 2 aromatic carbocycles. The maximum Gasteiger partial charge on any atom is 0.169 e. The van der Waals surface area contributed by atoms with Gasteiger partial charge in [0, 0.05) is 30.6 Å². The highest BCUT2D eigenvalue weighted by atomic mass is 19.1. The van der Waals surface area contributed by atoms with Gasteiger partial charge in [0.15, 0.2) is 5.78 Å². The van der Waals surface area contributed by atoms with Gasteiger partial charge in [-0.15, -0.1) is 0 Å². The van der Waals surface area contributed by atoms with E-state index >= 15 is 0 Å². The largest absolute Gasteiger partial charge is 0.494 e. The van der Waals surface area contributed by atoms with E-state index in [0.717, 1.165) is 32.2 Å². The van der Waals surface area contributed by atoms with E-state index in [1.54, 1.807) is 12.1 Å². The molecule has 148 valence electrons. The second-order valence-corrected chi connectivity index (χ2v) is 8.00. The van der Waals surface area contributed by atoms with Crippen LogP contribution in [-0.2, 0) is 6.54 Å². The summed E-state index contributed by atoms with van der Waals surface area (Å²) in [6, 6.07) is 16.0. The number of benzene rings is 2. The Morgan fingerprint density at radius 2 is 1.82 bits per heavy atom. The third-order valence-corrected chi connectivity index (χ3v) is 6.22. The molecule has 2 aliphatic heterocycles. The van der Waals surface area contributed by atoms with Crippen molar-refractivity contribution >= 4 is 5.78 Å². The lowest BCUT2D eigenvalue weighted by Gasteiger charge is -2.48. The molecule has 2 saturated heterocycles. The number of hydrogen-bond donors (Lipinski definition) is 0. The summed E-state index contributed by atoms with van der Waals surface area (Å²) in [5.41, 5.74) is 1.53. The van der Waals surface area contributed by atoms with Crippen molar-refractivity contribution < 1.29 is 13.9 Å². The molecule has 0 N–H and O–H groups in total. The van der Waals surface area contributed by atoms with E-state index in [1.807, 2.05) is 13.0 Å². The quantitative estimate of drug-likeness (QED) is 0.641. The number of hydrogen-bond acceptors (Lipinski definition) is 3. The van der Waals surface area contributed by atoms with Crippen molar-refractivity contribution in [2.24, 2.45) is 5.92 Å². The molecule has 4 rings (SSSR count). The van der Waals surface area contributed by atoms with E-state index in [2.05, 4.69) is 29.2 Å². The van der Waals surface area contributed by atoms with Crippen LogP contribution < -0.4 is 4.74 Å². The molecule has 28 heavy (non-hydrogen) atoms. The van der Waals surface area contributed by atoms with Crippen molar-refractivity contribution in [3.8, 4) is 5.75 Å². The number of rotatable bonds is 6. The number of fused-ring (bicyclic) bond motifs is 2. The van der Waals surface area contributed by atoms with E-state index in [1.165, 1.54) is 18.1 Å². The third kappa shape index (κ3) is 3.97. The molecule has 0 radical (unpaired) electrons. The van der Waals surface area contributed by atoms with E-state index < -0.39 is 5.82 Å². The third-order valence-electron chi connectivity index (χ3n) is 6.22. The predicted molar refractivity (Wildman–Crippen MR) is 108 cm³/mol. The molecule has 2 aromatic rings. The molecule has 2 aliphatic rings. The summed E-state index contributed by atoms with van der Waals surface area (Å²) >= 11 is 0. The fourth-order valence-corrected chi connectivity index (χ4v) is 4.92. The number of ketones is 1. The van der Waals surface area contributed by atoms with Crippen molar-refractivity contribution in [3.63, 3.8) is 0 Å². The standard InChI is InChI=1S/C24H28FNO2/c1-2-28-21-11-12-22(23(25)15-21)24(27)18-13-19-9-6-10-20(14-18)26(19)16-17-7-4-3-5-8-17/h3-5,7-8,11-12,15,18-20H,2,6,9-10,13-14,16H2,1H3. The van der Waals surface area contributed by atoms with Crippen LogP contribution in [0.5, 0.6) is 5.75 Å². The smallest absolute Gasteiger partial charge is 0.169 e. The van der Waals surface area contributed by atoms with Crippen molar-refractivity contribution in [2.45, 2.75) is 57.7 Å². The highest BCUT2D eigenvalue weighted by Crippen LogP contribution is 2.39. The van der Waals surface area contributed by atoms with Crippen LogP contribution in [0.4, 0.5) is 4.39 Å². The van der Waals surface area contributed by atoms with Crippen LogP contribution in [0.25, 0.3) is 0 Å². The molecule has 0 aliphatic carbocycles. The Kier molecular flexibility index (Phi) is 5.77. The SMILES string of the molecule is CCOc1ccc(C(=O)C2CC3CCCC(C2)N3Cc2ccccc2)c(F)c1. The molecule has 2 atom stereocenters. The summed E-state index contributed by atoms with van der Waals surface area (Å²) in [5.74, 6) is -0.120. The lowest BCUT2D eigenvalue weighted by atomic mass is 9.75. The van der Waals surface area contributed by atoms with Gasteiger partial charge in [-0.3, -0.25) is 9.69 Å². The minimum absolute atomic E-state index is 0.0446. The number of halogens is 1. The second kappa shape index (κ2) is 8.44. The van der Waals surface area contributed by atoms with Crippen LogP contribution in [0.15, 0.2) is 48.5 Å². The number of carbonyl (C=O) groups excluding carboxylic acids is 1. The van der Waals surface area contributed by atoms with E-state index in [0.29, 0.717) is 24.4 Å². The molecule has 0 saturated carbocycles. The fourth-order valence-electron chi connectivity index (χ4n) is 4.92. The average Bonchev–Trinajstić information content (AvgIpc) is 2.68. The van der Waals surface area contributed by atoms with E-state index in [-0.39, 0.29) is 17.3 Å². The van der Waals surface area contributed by atoms with Crippen LogP contribution >= 0.6 is 0 Å². The normalized spacial score (nSPS) is 24.7. The number of Topliss-reactive ketones (excluding diaryl/α,β-unsaturated/α-hetero) is 1. The van der Waals surface area contributed by atoms with Gasteiger partial charge in [0.2, 0.25) is 0 Å². The van der Waals surface area contributed by atoms with Crippen LogP contribution in [0.3, 0.4) is 0 Å². The first-order valence-corrected chi connectivity index (χ1v) is 10.4. The van der Waals surface area contributed by atoms with Gasteiger partial charge in [-0.2, -0.15) is 0 Å². The van der Waals surface area contributed by atoms with Gasteiger partial charge in [0.05, 0.1) is 12.2 Å². The highest BCUT2D eigenvalue weighted by molar-refractivity contribution is 5.98. The molecule has 2 fully saturated rings. The van der Waals surface area contributed by atoms with Gasteiger partial charge >= 0.3 is 0 Å². The molecule has 3 nitrogen and oxygen atoms in total. The Morgan fingerprint density at radius 3 is 2.46 bits per heavy atom. The summed E-state index contributed by atoms with van der Waals surface area (Å²) < 4.78 is 19.9. The van der Waals surface area contributed by atoms with Gasteiger partial charge in [-0.25, -0.2) is 4.39 Å².